The van der Waals surface area contributed by atoms with Gasteiger partial charge >= 0.3 is 6.03 Å². The molecule has 7 heteroatoms. The largest absolute Gasteiger partial charge is 0.341 e. The number of nitrogens with one attached hydrogen (secondary N) is 1. The fraction of sp³-hybridized carbons (Fsp3) is 0.476. The molecule has 1 aromatic rings. The van der Waals surface area contributed by atoms with Crippen LogP contribution in [0, 0.1) is 6.92 Å². The number of benzene rings is 1. The Kier molecular flexibility index (Phi) is 4.61. The number of nitrogens with zero attached hydrogens (tertiary/aromatic N) is 3. The van der Waals surface area contributed by atoms with Gasteiger partial charge in [-0.25, -0.2) is 4.79 Å². The number of carbonyl (C=O) groups excluding carboxylic acids is 3. The number of hydrogen-bond donors (Lipinski definition) is 1. The number of urea groups is 1. The van der Waals surface area contributed by atoms with Crippen LogP contribution in [-0.4, -0.2) is 65.3 Å². The molecular weight excluding hydrogens is 356 g/mol. The van der Waals surface area contributed by atoms with E-state index in [0.29, 0.717) is 11.3 Å². The summed E-state index contributed by atoms with van der Waals surface area (Å²) in [6, 6.07) is 6.53. The monoisotopic (exact) mass is 382 g/mol. The number of carbonyl (C=O) groups is 3. The van der Waals surface area contributed by atoms with Gasteiger partial charge in [-0.05, 0) is 32.3 Å². The summed E-state index contributed by atoms with van der Waals surface area (Å²) < 4.78 is 0. The zero-order valence-corrected chi connectivity index (χ0v) is 16.6. The Bertz CT molecular complexity index is 872. The minimum Gasteiger partial charge on any atom is -0.341 e. The first kappa shape index (κ1) is 18.5. The van der Waals surface area contributed by atoms with Gasteiger partial charge in [-0.15, -0.1) is 0 Å². The standard InChI is InChI=1S/C21H26N4O3/c1-13-7-6-8-15(11-13)18-17-16(23(3)21(28)22-18)12-25(20(17)27)14(2)19(26)24-9-4-5-10-24/h6-8,11,14,18H,4-5,9-10,12H2,1-3H3,(H,22,28)/t14-,18-/m0/s1. The highest BCUT2D eigenvalue weighted by Gasteiger charge is 2.45. The van der Waals surface area contributed by atoms with Gasteiger partial charge < -0.3 is 15.1 Å². The van der Waals surface area contributed by atoms with E-state index in [4.69, 9.17) is 0 Å². The molecule has 1 saturated heterocycles. The lowest BCUT2D eigenvalue weighted by molar-refractivity contribution is -0.141. The zero-order chi connectivity index (χ0) is 20.0. The highest BCUT2D eigenvalue weighted by molar-refractivity contribution is 6.03. The normalized spacial score (nSPS) is 23.2. The van der Waals surface area contributed by atoms with E-state index >= 15 is 0 Å². The summed E-state index contributed by atoms with van der Waals surface area (Å²) in [5, 5.41) is 2.94. The SMILES string of the molecule is Cc1cccc([C@@H]2NC(=O)N(C)C3=C2C(=O)N([C@@H](C)C(=O)N2CCCC2)C3)c1. The fourth-order valence-corrected chi connectivity index (χ4v) is 4.34. The van der Waals surface area contributed by atoms with Crippen molar-refractivity contribution in [2.24, 2.45) is 0 Å². The van der Waals surface area contributed by atoms with Gasteiger partial charge in [0.25, 0.3) is 5.91 Å². The molecule has 0 aliphatic carbocycles. The first-order valence-electron chi connectivity index (χ1n) is 9.82. The maximum Gasteiger partial charge on any atom is 0.322 e. The number of likely N-dealkylation sites (tertiary alicyclic amines) is 1. The Labute approximate surface area is 165 Å². The van der Waals surface area contributed by atoms with Gasteiger partial charge in [0.15, 0.2) is 0 Å². The smallest absolute Gasteiger partial charge is 0.322 e. The summed E-state index contributed by atoms with van der Waals surface area (Å²) in [5.74, 6) is -0.187. The van der Waals surface area contributed by atoms with Crippen molar-refractivity contribution in [3.63, 3.8) is 0 Å². The molecule has 0 unspecified atom stereocenters. The zero-order valence-electron chi connectivity index (χ0n) is 16.6. The molecule has 148 valence electrons. The van der Waals surface area contributed by atoms with Crippen LogP contribution in [0.2, 0.25) is 0 Å². The van der Waals surface area contributed by atoms with Gasteiger partial charge in [-0.3, -0.25) is 14.5 Å². The van der Waals surface area contributed by atoms with E-state index in [2.05, 4.69) is 5.32 Å². The molecule has 3 aliphatic rings. The molecule has 4 rings (SSSR count). The maximum atomic E-state index is 13.3. The molecule has 2 atom stereocenters. The Balaban J connectivity index is 1.65. The summed E-state index contributed by atoms with van der Waals surface area (Å²) in [5.41, 5.74) is 3.19. The maximum absolute atomic E-state index is 13.3. The highest BCUT2D eigenvalue weighted by Crippen LogP contribution is 2.36. The van der Waals surface area contributed by atoms with Crippen molar-refractivity contribution in [3.8, 4) is 0 Å². The van der Waals surface area contributed by atoms with Crippen LogP contribution >= 0.6 is 0 Å². The van der Waals surface area contributed by atoms with Crippen molar-refractivity contribution in [2.45, 2.75) is 38.8 Å². The van der Waals surface area contributed by atoms with Crippen molar-refractivity contribution < 1.29 is 14.4 Å². The minimum absolute atomic E-state index is 0.0141. The van der Waals surface area contributed by atoms with E-state index in [-0.39, 0.29) is 24.4 Å². The number of likely N-dealkylation sites (N-methyl/N-ethyl adjacent to an activating group) is 1. The van der Waals surface area contributed by atoms with E-state index in [9.17, 15) is 14.4 Å². The van der Waals surface area contributed by atoms with Crippen LogP contribution in [0.25, 0.3) is 0 Å². The molecule has 0 radical (unpaired) electrons. The second-order valence-electron chi connectivity index (χ2n) is 7.86. The van der Waals surface area contributed by atoms with Gasteiger partial charge in [0.1, 0.15) is 6.04 Å². The molecule has 1 N–H and O–H groups in total. The second kappa shape index (κ2) is 6.96. The van der Waals surface area contributed by atoms with E-state index in [1.165, 1.54) is 4.90 Å². The van der Waals surface area contributed by atoms with Crippen LogP contribution in [0.1, 0.15) is 36.9 Å². The van der Waals surface area contributed by atoms with Gasteiger partial charge in [0, 0.05) is 20.1 Å². The van der Waals surface area contributed by atoms with Gasteiger partial charge in [-0.2, -0.15) is 0 Å². The van der Waals surface area contributed by atoms with Crippen LogP contribution in [0.5, 0.6) is 0 Å². The molecule has 0 saturated carbocycles. The third-order valence-electron chi connectivity index (χ3n) is 6.01. The third kappa shape index (κ3) is 2.95. The number of hydrogen-bond acceptors (Lipinski definition) is 3. The van der Waals surface area contributed by atoms with Crippen LogP contribution < -0.4 is 5.32 Å². The Morgan fingerprint density at radius 1 is 1.21 bits per heavy atom. The predicted octanol–water partition coefficient (Wildman–Crippen LogP) is 1.80. The number of rotatable bonds is 3. The molecule has 3 aliphatic heterocycles. The molecule has 1 fully saturated rings. The van der Waals surface area contributed by atoms with Crippen molar-refractivity contribution >= 4 is 17.8 Å². The summed E-state index contributed by atoms with van der Waals surface area (Å²) >= 11 is 0. The third-order valence-corrected chi connectivity index (χ3v) is 6.01. The molecule has 0 spiro atoms. The van der Waals surface area contributed by atoms with E-state index in [1.54, 1.807) is 18.9 Å². The summed E-state index contributed by atoms with van der Waals surface area (Å²) in [6.07, 6.45) is 2.02. The molecule has 4 amide bonds. The minimum atomic E-state index is -0.544. The van der Waals surface area contributed by atoms with E-state index < -0.39 is 12.1 Å². The van der Waals surface area contributed by atoms with Crippen molar-refractivity contribution in [2.75, 3.05) is 26.7 Å². The van der Waals surface area contributed by atoms with E-state index in [0.717, 1.165) is 37.1 Å². The lowest BCUT2D eigenvalue weighted by atomic mass is 9.94. The van der Waals surface area contributed by atoms with Crippen LogP contribution in [0.4, 0.5) is 4.79 Å². The van der Waals surface area contributed by atoms with Gasteiger partial charge in [0.05, 0.1) is 23.9 Å². The molecular formula is C21H26N4O3. The molecule has 0 aromatic heterocycles. The quantitative estimate of drug-likeness (QED) is 0.866. The average Bonchev–Trinajstić information content (AvgIpc) is 3.32. The fourth-order valence-electron chi connectivity index (χ4n) is 4.34. The van der Waals surface area contributed by atoms with E-state index in [1.807, 2.05) is 36.1 Å². The first-order chi connectivity index (χ1) is 13.4. The number of amides is 4. The summed E-state index contributed by atoms with van der Waals surface area (Å²) in [7, 11) is 1.67. The highest BCUT2D eigenvalue weighted by atomic mass is 16.2. The summed E-state index contributed by atoms with van der Waals surface area (Å²) in [6.45, 7) is 5.55. The molecule has 28 heavy (non-hydrogen) atoms. The molecule has 1 aromatic carbocycles. The first-order valence-corrected chi connectivity index (χ1v) is 9.82. The predicted molar refractivity (Wildman–Crippen MR) is 104 cm³/mol. The van der Waals surface area contributed by atoms with Crippen LogP contribution in [0.15, 0.2) is 35.5 Å². The second-order valence-corrected chi connectivity index (χ2v) is 7.86. The average molecular weight is 382 g/mol. The Morgan fingerprint density at radius 3 is 2.61 bits per heavy atom. The lowest BCUT2D eigenvalue weighted by Crippen LogP contribution is -2.47. The molecule has 3 heterocycles. The summed E-state index contributed by atoms with van der Waals surface area (Å²) in [4.78, 5) is 43.6. The Hall–Kier alpha value is -2.83. The van der Waals surface area contributed by atoms with Crippen molar-refractivity contribution in [1.82, 2.24) is 20.0 Å². The molecule has 7 nitrogen and oxygen atoms in total. The van der Waals surface area contributed by atoms with Crippen LogP contribution in [-0.2, 0) is 9.59 Å². The topological polar surface area (TPSA) is 73.0 Å². The van der Waals surface area contributed by atoms with Crippen molar-refractivity contribution in [1.29, 1.82) is 0 Å². The van der Waals surface area contributed by atoms with Crippen LogP contribution in [0.3, 0.4) is 0 Å². The number of aryl methyl sites for hydroxylation is 1. The Morgan fingerprint density at radius 2 is 1.93 bits per heavy atom. The lowest BCUT2D eigenvalue weighted by Gasteiger charge is -2.31. The molecule has 0 bridgehead atoms. The van der Waals surface area contributed by atoms with Gasteiger partial charge in [-0.1, -0.05) is 29.8 Å². The van der Waals surface area contributed by atoms with Crippen molar-refractivity contribution in [3.05, 3.63) is 46.7 Å². The van der Waals surface area contributed by atoms with Gasteiger partial charge in [0.2, 0.25) is 5.91 Å².